The number of carbonyl (C=O) groups excluding carboxylic acids is 1. The van der Waals surface area contributed by atoms with E-state index in [1.54, 1.807) is 0 Å². The van der Waals surface area contributed by atoms with E-state index in [1.165, 1.54) is 0 Å². The Morgan fingerprint density at radius 1 is 1.50 bits per heavy atom. The Kier molecular flexibility index (Phi) is 2.88. The van der Waals surface area contributed by atoms with E-state index in [1.807, 2.05) is 25.1 Å². The van der Waals surface area contributed by atoms with Gasteiger partial charge in [0.05, 0.1) is 0 Å². The number of hydrogen-bond donors (Lipinski definition) is 1. The summed E-state index contributed by atoms with van der Waals surface area (Å²) in [6.45, 7) is 3.62. The quantitative estimate of drug-likeness (QED) is 0.824. The van der Waals surface area contributed by atoms with Gasteiger partial charge in [-0.1, -0.05) is 0 Å². The van der Waals surface area contributed by atoms with Crippen LogP contribution in [-0.2, 0) is 0 Å². The van der Waals surface area contributed by atoms with Gasteiger partial charge in [0.25, 0.3) is 0 Å². The second kappa shape index (κ2) is 4.53. The van der Waals surface area contributed by atoms with E-state index >= 15 is 0 Å². The van der Waals surface area contributed by atoms with Crippen molar-refractivity contribution in [3.05, 3.63) is 29.7 Å². The first-order valence-electron chi connectivity index (χ1n) is 6.36. The van der Waals surface area contributed by atoms with Crippen LogP contribution in [0.1, 0.15) is 29.1 Å². The molecule has 1 N–H and O–H groups in total. The molecule has 94 valence electrons. The minimum Gasteiger partial charge on any atom is -0.441 e. The van der Waals surface area contributed by atoms with Crippen molar-refractivity contribution in [1.82, 2.24) is 10.3 Å². The Morgan fingerprint density at radius 3 is 3.17 bits per heavy atom. The van der Waals surface area contributed by atoms with Gasteiger partial charge in [-0.3, -0.25) is 4.79 Å². The zero-order chi connectivity index (χ0) is 12.5. The number of Topliss-reactive ketones (excluding diaryl/α,β-unsaturated/α-hetero) is 1. The van der Waals surface area contributed by atoms with Crippen molar-refractivity contribution in [2.24, 2.45) is 5.92 Å². The van der Waals surface area contributed by atoms with Crippen LogP contribution < -0.4 is 5.32 Å². The fourth-order valence-electron chi connectivity index (χ4n) is 2.51. The molecular formula is C14H16N2O2. The number of nitrogens with zero attached hydrogens (tertiary/aromatic N) is 1. The molecule has 1 fully saturated rings. The molecule has 0 radical (unpaired) electrons. The smallest absolute Gasteiger partial charge is 0.192 e. The third kappa shape index (κ3) is 2.04. The lowest BCUT2D eigenvalue weighted by Gasteiger charge is -2.21. The van der Waals surface area contributed by atoms with Gasteiger partial charge in [0.1, 0.15) is 5.52 Å². The highest BCUT2D eigenvalue weighted by Crippen LogP contribution is 2.21. The lowest BCUT2D eigenvalue weighted by atomic mass is 9.91. The summed E-state index contributed by atoms with van der Waals surface area (Å²) in [6.07, 6.45) is 2.05. The second-order valence-electron chi connectivity index (χ2n) is 4.82. The van der Waals surface area contributed by atoms with Crippen molar-refractivity contribution < 1.29 is 9.21 Å². The molecule has 4 nitrogen and oxygen atoms in total. The molecule has 2 aromatic rings. The summed E-state index contributed by atoms with van der Waals surface area (Å²) in [7, 11) is 0. The molecule has 0 bridgehead atoms. The van der Waals surface area contributed by atoms with E-state index in [9.17, 15) is 4.79 Å². The molecule has 1 saturated heterocycles. The van der Waals surface area contributed by atoms with E-state index < -0.39 is 0 Å². The Morgan fingerprint density at radius 2 is 2.39 bits per heavy atom. The molecule has 3 rings (SSSR count). The van der Waals surface area contributed by atoms with E-state index in [0.717, 1.165) is 42.6 Å². The summed E-state index contributed by atoms with van der Waals surface area (Å²) in [4.78, 5) is 16.6. The van der Waals surface area contributed by atoms with Gasteiger partial charge in [-0.05, 0) is 37.6 Å². The molecule has 1 aliphatic rings. The predicted molar refractivity (Wildman–Crippen MR) is 68.7 cm³/mol. The average Bonchev–Trinajstić information content (AvgIpc) is 2.78. The number of fused-ring (bicyclic) bond motifs is 1. The topological polar surface area (TPSA) is 55.1 Å². The number of oxazole rings is 1. The number of nitrogens with one attached hydrogen (secondary N) is 1. The van der Waals surface area contributed by atoms with Crippen molar-refractivity contribution in [1.29, 1.82) is 0 Å². The van der Waals surface area contributed by atoms with Crippen LogP contribution in [0, 0.1) is 12.8 Å². The summed E-state index contributed by atoms with van der Waals surface area (Å²) in [5, 5.41) is 3.27. The number of aryl methyl sites for hydroxylation is 1. The molecule has 0 spiro atoms. The summed E-state index contributed by atoms with van der Waals surface area (Å²) in [5.41, 5.74) is 2.25. The summed E-state index contributed by atoms with van der Waals surface area (Å²) in [6, 6.07) is 5.51. The first-order chi connectivity index (χ1) is 8.74. The van der Waals surface area contributed by atoms with Gasteiger partial charge < -0.3 is 9.73 Å². The number of carbonyl (C=O) groups is 1. The number of rotatable bonds is 2. The molecule has 18 heavy (non-hydrogen) atoms. The minimum absolute atomic E-state index is 0.101. The highest BCUT2D eigenvalue weighted by atomic mass is 16.3. The maximum absolute atomic E-state index is 12.4. The Hall–Kier alpha value is -1.68. The van der Waals surface area contributed by atoms with Gasteiger partial charge in [0.2, 0.25) is 0 Å². The molecule has 1 atom stereocenters. The number of hydrogen-bond acceptors (Lipinski definition) is 4. The van der Waals surface area contributed by atoms with Crippen molar-refractivity contribution >= 4 is 16.9 Å². The molecule has 2 heterocycles. The third-order valence-corrected chi connectivity index (χ3v) is 3.45. The largest absolute Gasteiger partial charge is 0.441 e. The van der Waals surface area contributed by atoms with E-state index in [0.29, 0.717) is 5.89 Å². The Labute approximate surface area is 105 Å². The zero-order valence-corrected chi connectivity index (χ0v) is 10.4. The van der Waals surface area contributed by atoms with Gasteiger partial charge in [-0.25, -0.2) is 4.98 Å². The Bertz CT molecular complexity index is 582. The van der Waals surface area contributed by atoms with Gasteiger partial charge in [0, 0.05) is 24.9 Å². The molecule has 4 heteroatoms. The van der Waals surface area contributed by atoms with Crippen molar-refractivity contribution in [3.63, 3.8) is 0 Å². The zero-order valence-electron chi connectivity index (χ0n) is 10.4. The summed E-state index contributed by atoms with van der Waals surface area (Å²) < 4.78 is 5.41. The summed E-state index contributed by atoms with van der Waals surface area (Å²) >= 11 is 0. The van der Waals surface area contributed by atoms with E-state index in [2.05, 4.69) is 10.3 Å². The molecule has 1 aromatic carbocycles. The summed E-state index contributed by atoms with van der Waals surface area (Å²) in [5.74, 6) is 0.947. The molecule has 0 saturated carbocycles. The van der Waals surface area contributed by atoms with Crippen LogP contribution >= 0.6 is 0 Å². The van der Waals surface area contributed by atoms with Gasteiger partial charge >= 0.3 is 0 Å². The molecule has 0 amide bonds. The number of benzene rings is 1. The van der Waals surface area contributed by atoms with Crippen LogP contribution in [-0.4, -0.2) is 23.9 Å². The van der Waals surface area contributed by atoms with E-state index in [-0.39, 0.29) is 11.7 Å². The van der Waals surface area contributed by atoms with Crippen LogP contribution in [0.5, 0.6) is 0 Å². The van der Waals surface area contributed by atoms with Gasteiger partial charge in [0.15, 0.2) is 17.3 Å². The lowest BCUT2D eigenvalue weighted by Crippen LogP contribution is -2.34. The number of ketones is 1. The molecule has 1 unspecified atom stereocenters. The fourth-order valence-corrected chi connectivity index (χ4v) is 2.51. The maximum atomic E-state index is 12.4. The van der Waals surface area contributed by atoms with E-state index in [4.69, 9.17) is 4.42 Å². The first kappa shape index (κ1) is 11.4. The van der Waals surface area contributed by atoms with Crippen molar-refractivity contribution in [3.8, 4) is 0 Å². The lowest BCUT2D eigenvalue weighted by molar-refractivity contribution is 0.0900. The van der Waals surface area contributed by atoms with Crippen LogP contribution in [0.2, 0.25) is 0 Å². The third-order valence-electron chi connectivity index (χ3n) is 3.45. The molecule has 1 aromatic heterocycles. The highest BCUT2D eigenvalue weighted by molar-refractivity contribution is 6.00. The maximum Gasteiger partial charge on any atom is 0.192 e. The predicted octanol–water partition coefficient (Wildman–Crippen LogP) is 2.32. The SMILES string of the molecule is Cc1nc2cc(C(=O)C3CCCNC3)ccc2o1. The van der Waals surface area contributed by atoms with Gasteiger partial charge in [-0.2, -0.15) is 0 Å². The van der Waals surface area contributed by atoms with Crippen molar-refractivity contribution in [2.45, 2.75) is 19.8 Å². The van der Waals surface area contributed by atoms with Crippen LogP contribution in [0.4, 0.5) is 0 Å². The normalized spacial score (nSPS) is 20.2. The van der Waals surface area contributed by atoms with Crippen LogP contribution in [0.25, 0.3) is 11.1 Å². The van der Waals surface area contributed by atoms with Gasteiger partial charge in [-0.15, -0.1) is 0 Å². The van der Waals surface area contributed by atoms with Crippen LogP contribution in [0.3, 0.4) is 0 Å². The molecule has 0 aliphatic carbocycles. The average molecular weight is 244 g/mol. The first-order valence-corrected chi connectivity index (χ1v) is 6.36. The fraction of sp³-hybridized carbons (Fsp3) is 0.429. The number of piperidine rings is 1. The van der Waals surface area contributed by atoms with Crippen LogP contribution in [0.15, 0.2) is 22.6 Å². The monoisotopic (exact) mass is 244 g/mol. The number of aromatic nitrogens is 1. The Balaban J connectivity index is 1.90. The minimum atomic E-state index is 0.101. The van der Waals surface area contributed by atoms with Crippen molar-refractivity contribution in [2.75, 3.05) is 13.1 Å². The molecule has 1 aliphatic heterocycles. The second-order valence-corrected chi connectivity index (χ2v) is 4.82. The standard InChI is InChI=1S/C14H16N2O2/c1-9-16-12-7-10(4-5-13(12)18-9)14(17)11-3-2-6-15-8-11/h4-5,7,11,15H,2-3,6,8H2,1H3. The highest BCUT2D eigenvalue weighted by Gasteiger charge is 2.22. The molecular weight excluding hydrogens is 228 g/mol.